The molecule has 0 amide bonds. The molecule has 2 rings (SSSR count). The third kappa shape index (κ3) is 3.72. The monoisotopic (exact) mass is 322 g/mol. The van der Waals surface area contributed by atoms with E-state index in [-0.39, 0.29) is 18.4 Å². The van der Waals surface area contributed by atoms with Crippen LogP contribution in [0.1, 0.15) is 30.7 Å². The molecule has 2 heterocycles. The summed E-state index contributed by atoms with van der Waals surface area (Å²) in [4.78, 5) is 0.311. The minimum atomic E-state index is -3.47. The average Bonchev–Trinajstić information content (AvgIpc) is 2.63. The molecule has 1 atom stereocenters. The molecule has 0 saturated carbocycles. The molecule has 6 nitrogen and oxygen atoms in total. The van der Waals surface area contributed by atoms with Gasteiger partial charge >= 0.3 is 0 Å². The predicted molar refractivity (Wildman–Crippen MR) is 80.8 cm³/mol. The van der Waals surface area contributed by atoms with Gasteiger partial charge in [-0.15, -0.1) is 12.4 Å². The number of rotatable bonds is 4. The largest absolute Gasteiger partial charge is 0.313 e. The highest BCUT2D eigenvalue weighted by atomic mass is 35.5. The Morgan fingerprint density at radius 2 is 2.10 bits per heavy atom. The first-order chi connectivity index (χ1) is 8.92. The van der Waals surface area contributed by atoms with Gasteiger partial charge in [-0.2, -0.15) is 5.10 Å². The van der Waals surface area contributed by atoms with E-state index in [0.29, 0.717) is 22.8 Å². The zero-order valence-electron chi connectivity index (χ0n) is 12.1. The zero-order chi connectivity index (χ0) is 14.0. The van der Waals surface area contributed by atoms with E-state index in [1.807, 2.05) is 0 Å². The van der Waals surface area contributed by atoms with Crippen LogP contribution in [0, 0.1) is 13.8 Å². The van der Waals surface area contributed by atoms with Gasteiger partial charge in [0.1, 0.15) is 4.90 Å². The molecule has 1 aliphatic rings. The topological polar surface area (TPSA) is 76.0 Å². The van der Waals surface area contributed by atoms with E-state index in [1.54, 1.807) is 25.6 Å². The number of nitrogens with zero attached hydrogens (tertiary/aromatic N) is 2. The van der Waals surface area contributed by atoms with Gasteiger partial charge in [-0.3, -0.25) is 4.68 Å². The van der Waals surface area contributed by atoms with Crippen molar-refractivity contribution >= 4 is 22.4 Å². The number of aryl methyl sites for hydroxylation is 2. The van der Waals surface area contributed by atoms with Crippen LogP contribution in [0.4, 0.5) is 0 Å². The van der Waals surface area contributed by atoms with Crippen molar-refractivity contribution in [3.05, 3.63) is 11.4 Å². The molecule has 1 unspecified atom stereocenters. The molecular formula is C12H23ClN4O2S. The van der Waals surface area contributed by atoms with E-state index in [9.17, 15) is 8.42 Å². The summed E-state index contributed by atoms with van der Waals surface area (Å²) in [5, 5.41) is 7.48. The van der Waals surface area contributed by atoms with Crippen LogP contribution in [0.25, 0.3) is 0 Å². The third-order valence-electron chi connectivity index (χ3n) is 3.64. The average molecular weight is 323 g/mol. The first-order valence-electron chi connectivity index (χ1n) is 6.65. The molecule has 8 heteroatoms. The number of hydrogen-bond acceptors (Lipinski definition) is 4. The van der Waals surface area contributed by atoms with Crippen molar-refractivity contribution in [2.24, 2.45) is 7.05 Å². The Balaban J connectivity index is 0.00000200. The van der Waals surface area contributed by atoms with E-state index in [4.69, 9.17) is 0 Å². The van der Waals surface area contributed by atoms with Gasteiger partial charge in [-0.05, 0) is 33.2 Å². The molecule has 0 bridgehead atoms. The molecule has 0 aliphatic carbocycles. The van der Waals surface area contributed by atoms with Gasteiger partial charge in [-0.25, -0.2) is 13.1 Å². The Hall–Kier alpha value is -0.630. The number of piperidine rings is 1. The van der Waals surface area contributed by atoms with Crippen LogP contribution in [0.3, 0.4) is 0 Å². The maximum atomic E-state index is 12.3. The summed E-state index contributed by atoms with van der Waals surface area (Å²) in [7, 11) is -1.72. The summed E-state index contributed by atoms with van der Waals surface area (Å²) in [5.41, 5.74) is 1.21. The number of sulfonamides is 1. The van der Waals surface area contributed by atoms with Gasteiger partial charge in [0, 0.05) is 19.6 Å². The highest BCUT2D eigenvalue weighted by molar-refractivity contribution is 7.89. The molecule has 116 valence electrons. The third-order valence-corrected chi connectivity index (χ3v) is 5.32. The Morgan fingerprint density at radius 1 is 1.40 bits per heavy atom. The lowest BCUT2D eigenvalue weighted by Crippen LogP contribution is -2.43. The minimum absolute atomic E-state index is 0. The summed E-state index contributed by atoms with van der Waals surface area (Å²) in [6, 6.07) is 0.237. The molecule has 0 aromatic carbocycles. The summed E-state index contributed by atoms with van der Waals surface area (Å²) < 4.78 is 29.0. The molecule has 2 N–H and O–H groups in total. The van der Waals surface area contributed by atoms with Crippen molar-refractivity contribution in [1.82, 2.24) is 19.8 Å². The van der Waals surface area contributed by atoms with Crippen LogP contribution in [0.5, 0.6) is 0 Å². The smallest absolute Gasteiger partial charge is 0.244 e. The Bertz CT molecular complexity index is 550. The van der Waals surface area contributed by atoms with Crippen LogP contribution in [0.2, 0.25) is 0 Å². The molecule has 1 saturated heterocycles. The SMILES string of the molecule is Cc1nn(C)c(C)c1S(=O)(=O)NCC1CCCCN1.Cl. The molecular weight excluding hydrogens is 300 g/mol. The van der Waals surface area contributed by atoms with Crippen molar-refractivity contribution in [3.8, 4) is 0 Å². The molecule has 1 aromatic heterocycles. The second-order valence-corrected chi connectivity index (χ2v) is 6.83. The van der Waals surface area contributed by atoms with Crippen LogP contribution in [0.15, 0.2) is 4.90 Å². The van der Waals surface area contributed by atoms with E-state index in [0.717, 1.165) is 19.4 Å². The molecule has 20 heavy (non-hydrogen) atoms. The van der Waals surface area contributed by atoms with E-state index < -0.39 is 10.0 Å². The summed E-state index contributed by atoms with van der Waals surface area (Å²) in [6.45, 7) is 4.90. The molecule has 1 aromatic rings. The maximum Gasteiger partial charge on any atom is 0.244 e. The second kappa shape index (κ2) is 6.89. The van der Waals surface area contributed by atoms with E-state index in [2.05, 4.69) is 15.1 Å². The van der Waals surface area contributed by atoms with Gasteiger partial charge in [-0.1, -0.05) is 6.42 Å². The van der Waals surface area contributed by atoms with Crippen LogP contribution >= 0.6 is 12.4 Å². The fourth-order valence-corrected chi connectivity index (χ4v) is 4.04. The van der Waals surface area contributed by atoms with Crippen LogP contribution in [-0.4, -0.2) is 37.3 Å². The van der Waals surface area contributed by atoms with Gasteiger partial charge in [0.2, 0.25) is 10.0 Å². The maximum absolute atomic E-state index is 12.3. The summed E-state index contributed by atoms with van der Waals surface area (Å²) >= 11 is 0. The first kappa shape index (κ1) is 17.4. The molecule has 1 fully saturated rings. The highest BCUT2D eigenvalue weighted by Crippen LogP contribution is 2.18. The number of aromatic nitrogens is 2. The summed E-state index contributed by atoms with van der Waals surface area (Å²) in [6.07, 6.45) is 3.35. The van der Waals surface area contributed by atoms with Crippen LogP contribution < -0.4 is 10.0 Å². The Morgan fingerprint density at radius 3 is 2.60 bits per heavy atom. The molecule has 0 spiro atoms. The lowest BCUT2D eigenvalue weighted by molar-refractivity contribution is 0.398. The second-order valence-electron chi connectivity index (χ2n) is 5.12. The fraction of sp³-hybridized carbons (Fsp3) is 0.750. The van der Waals surface area contributed by atoms with Crippen molar-refractivity contribution in [3.63, 3.8) is 0 Å². The normalized spacial score (nSPS) is 19.6. The minimum Gasteiger partial charge on any atom is -0.313 e. The lowest BCUT2D eigenvalue weighted by atomic mass is 10.1. The van der Waals surface area contributed by atoms with Gasteiger partial charge in [0.25, 0.3) is 0 Å². The summed E-state index contributed by atoms with van der Waals surface area (Å²) in [5.74, 6) is 0. The Labute approximate surface area is 126 Å². The van der Waals surface area contributed by atoms with Crippen molar-refractivity contribution < 1.29 is 8.42 Å². The first-order valence-corrected chi connectivity index (χ1v) is 8.13. The lowest BCUT2D eigenvalue weighted by Gasteiger charge is -2.23. The zero-order valence-corrected chi connectivity index (χ0v) is 13.8. The van der Waals surface area contributed by atoms with Gasteiger partial charge in [0.05, 0.1) is 11.4 Å². The van der Waals surface area contributed by atoms with Gasteiger partial charge in [0.15, 0.2) is 0 Å². The van der Waals surface area contributed by atoms with Crippen molar-refractivity contribution in [2.45, 2.75) is 44.0 Å². The molecule has 1 aliphatic heterocycles. The van der Waals surface area contributed by atoms with Crippen molar-refractivity contribution in [2.75, 3.05) is 13.1 Å². The van der Waals surface area contributed by atoms with E-state index in [1.165, 1.54) is 6.42 Å². The van der Waals surface area contributed by atoms with Gasteiger partial charge < -0.3 is 5.32 Å². The highest BCUT2D eigenvalue weighted by Gasteiger charge is 2.24. The molecule has 0 radical (unpaired) electrons. The quantitative estimate of drug-likeness (QED) is 0.863. The standard InChI is InChI=1S/C12H22N4O2S.ClH/c1-9-12(10(2)16(3)15-9)19(17,18)14-8-11-6-4-5-7-13-11;/h11,13-14H,4-8H2,1-3H3;1H. The van der Waals surface area contributed by atoms with E-state index >= 15 is 0 Å². The fourth-order valence-electron chi connectivity index (χ4n) is 2.52. The number of hydrogen-bond donors (Lipinski definition) is 2. The van der Waals surface area contributed by atoms with Crippen molar-refractivity contribution in [1.29, 1.82) is 0 Å². The predicted octanol–water partition coefficient (Wildman–Crippen LogP) is 0.879. The number of nitrogens with one attached hydrogen (secondary N) is 2. The number of halogens is 1. The van der Waals surface area contributed by atoms with Crippen LogP contribution in [-0.2, 0) is 17.1 Å². The Kier molecular flexibility index (Phi) is 6.00.